The molecule has 4 heteroatoms. The number of carbonyl (C=O) groups is 1. The summed E-state index contributed by atoms with van der Waals surface area (Å²) in [5.74, 6) is -1.24. The third-order valence-electron chi connectivity index (χ3n) is 4.09. The van der Waals surface area contributed by atoms with Crippen LogP contribution in [-0.4, -0.2) is 16.1 Å². The monoisotopic (exact) mass is 305 g/mol. The highest BCUT2D eigenvalue weighted by Crippen LogP contribution is 2.35. The van der Waals surface area contributed by atoms with Crippen LogP contribution < -0.4 is 0 Å². The van der Waals surface area contributed by atoms with Gasteiger partial charge in [-0.1, -0.05) is 30.3 Å². The van der Waals surface area contributed by atoms with Crippen LogP contribution in [0.2, 0.25) is 0 Å². The number of fused-ring (bicyclic) bond motifs is 2. The molecule has 0 radical (unpaired) electrons. The van der Waals surface area contributed by atoms with E-state index in [9.17, 15) is 14.3 Å². The molecular weight excluding hydrogens is 293 g/mol. The Bertz CT molecular complexity index is 1070. The quantitative estimate of drug-likeness (QED) is 0.557. The number of H-pyrrole nitrogens is 1. The normalized spacial score (nSPS) is 11.2. The second-order valence-corrected chi connectivity index (χ2v) is 5.40. The highest BCUT2D eigenvalue weighted by atomic mass is 19.1. The second kappa shape index (κ2) is 4.95. The van der Waals surface area contributed by atoms with Gasteiger partial charge in [0.05, 0.1) is 5.56 Å². The van der Waals surface area contributed by atoms with Crippen molar-refractivity contribution in [1.29, 1.82) is 0 Å². The molecule has 23 heavy (non-hydrogen) atoms. The molecule has 1 heterocycles. The lowest BCUT2D eigenvalue weighted by Crippen LogP contribution is -1.97. The Hall–Kier alpha value is -3.14. The van der Waals surface area contributed by atoms with E-state index in [1.807, 2.05) is 24.4 Å². The molecule has 0 amide bonds. The first-order valence-electron chi connectivity index (χ1n) is 7.17. The molecule has 3 aromatic carbocycles. The van der Waals surface area contributed by atoms with Crippen molar-refractivity contribution in [3.05, 3.63) is 72.2 Å². The first-order chi connectivity index (χ1) is 11.1. The molecule has 4 aromatic rings. The third kappa shape index (κ3) is 2.07. The van der Waals surface area contributed by atoms with Gasteiger partial charge in [0.25, 0.3) is 0 Å². The van der Waals surface area contributed by atoms with Crippen LogP contribution in [0.15, 0.2) is 60.8 Å². The van der Waals surface area contributed by atoms with Crippen molar-refractivity contribution in [2.45, 2.75) is 0 Å². The zero-order chi connectivity index (χ0) is 16.0. The lowest BCUT2D eigenvalue weighted by atomic mass is 9.95. The van der Waals surface area contributed by atoms with Crippen molar-refractivity contribution in [2.24, 2.45) is 0 Å². The van der Waals surface area contributed by atoms with E-state index >= 15 is 0 Å². The Morgan fingerprint density at radius 2 is 1.70 bits per heavy atom. The Kier molecular flexibility index (Phi) is 2.91. The van der Waals surface area contributed by atoms with E-state index in [1.165, 1.54) is 12.1 Å². The highest BCUT2D eigenvalue weighted by Gasteiger charge is 2.14. The molecule has 0 aliphatic heterocycles. The first-order valence-corrected chi connectivity index (χ1v) is 7.17. The van der Waals surface area contributed by atoms with Gasteiger partial charge in [0.2, 0.25) is 0 Å². The van der Waals surface area contributed by atoms with Crippen molar-refractivity contribution in [1.82, 2.24) is 4.98 Å². The average Bonchev–Trinajstić information content (AvgIpc) is 2.96. The van der Waals surface area contributed by atoms with Gasteiger partial charge in [0.1, 0.15) is 5.82 Å². The molecule has 0 saturated carbocycles. The van der Waals surface area contributed by atoms with Gasteiger partial charge >= 0.3 is 5.97 Å². The van der Waals surface area contributed by atoms with E-state index in [4.69, 9.17) is 0 Å². The van der Waals surface area contributed by atoms with Crippen molar-refractivity contribution in [3.8, 4) is 11.1 Å². The number of rotatable bonds is 2. The van der Waals surface area contributed by atoms with Gasteiger partial charge in [-0.15, -0.1) is 0 Å². The van der Waals surface area contributed by atoms with Crippen molar-refractivity contribution in [3.63, 3.8) is 0 Å². The van der Waals surface area contributed by atoms with Gasteiger partial charge < -0.3 is 10.1 Å². The number of carboxylic acids is 1. The lowest BCUT2D eigenvalue weighted by molar-refractivity contribution is 0.0699. The maximum absolute atomic E-state index is 13.4. The molecule has 0 aliphatic carbocycles. The number of aromatic nitrogens is 1. The maximum atomic E-state index is 13.4. The molecule has 3 nitrogen and oxygen atoms in total. The van der Waals surface area contributed by atoms with Gasteiger partial charge in [-0.3, -0.25) is 0 Å². The molecule has 0 unspecified atom stereocenters. The summed E-state index contributed by atoms with van der Waals surface area (Å²) in [6.45, 7) is 0. The summed E-state index contributed by atoms with van der Waals surface area (Å²) in [7, 11) is 0. The Morgan fingerprint density at radius 3 is 2.48 bits per heavy atom. The molecule has 1 aromatic heterocycles. The van der Waals surface area contributed by atoms with E-state index in [0.29, 0.717) is 10.9 Å². The fourth-order valence-electron chi connectivity index (χ4n) is 3.04. The van der Waals surface area contributed by atoms with Gasteiger partial charge in [-0.2, -0.15) is 0 Å². The maximum Gasteiger partial charge on any atom is 0.336 e. The number of hydrogen-bond donors (Lipinski definition) is 2. The van der Waals surface area contributed by atoms with E-state index < -0.39 is 5.97 Å². The molecule has 0 bridgehead atoms. The molecule has 0 atom stereocenters. The van der Waals surface area contributed by atoms with Crippen molar-refractivity contribution < 1.29 is 14.3 Å². The number of halogens is 1. The number of carboxylic acid groups (broad SMARTS) is 1. The SMILES string of the molecule is O=C(O)c1ccc(-c2c[nH]c3cc(F)ccc23)c2ccccc12. The molecule has 0 fully saturated rings. The van der Waals surface area contributed by atoms with E-state index in [0.717, 1.165) is 21.9 Å². The summed E-state index contributed by atoms with van der Waals surface area (Å²) in [5.41, 5.74) is 2.83. The van der Waals surface area contributed by atoms with E-state index in [1.54, 1.807) is 24.3 Å². The number of aromatic carboxylic acids is 1. The van der Waals surface area contributed by atoms with E-state index in [2.05, 4.69) is 4.98 Å². The molecular formula is C19H12FNO2. The Balaban J connectivity index is 2.05. The smallest absolute Gasteiger partial charge is 0.336 e. The Morgan fingerprint density at radius 1 is 0.913 bits per heavy atom. The summed E-state index contributed by atoms with van der Waals surface area (Å²) in [6, 6.07) is 15.4. The minimum Gasteiger partial charge on any atom is -0.478 e. The standard InChI is InChI=1S/C19H12FNO2/c20-11-5-6-15-17(10-21-18(15)9-11)14-7-8-16(19(22)23)13-4-2-1-3-12(13)14/h1-10,21H,(H,22,23). The summed E-state index contributed by atoms with van der Waals surface area (Å²) in [5, 5.41) is 11.8. The van der Waals surface area contributed by atoms with Crippen LogP contribution in [0.25, 0.3) is 32.8 Å². The fourth-order valence-corrected chi connectivity index (χ4v) is 3.04. The van der Waals surface area contributed by atoms with Gasteiger partial charge in [0.15, 0.2) is 0 Å². The molecule has 112 valence electrons. The fraction of sp³-hybridized carbons (Fsp3) is 0. The number of benzene rings is 3. The molecule has 2 N–H and O–H groups in total. The summed E-state index contributed by atoms with van der Waals surface area (Å²) in [6.07, 6.45) is 1.83. The van der Waals surface area contributed by atoms with Gasteiger partial charge in [0, 0.05) is 22.7 Å². The Labute approximate surface area is 131 Å². The van der Waals surface area contributed by atoms with Crippen LogP contribution in [-0.2, 0) is 0 Å². The van der Waals surface area contributed by atoms with E-state index in [-0.39, 0.29) is 11.4 Å². The van der Waals surface area contributed by atoms with Crippen LogP contribution in [0.5, 0.6) is 0 Å². The summed E-state index contributed by atoms with van der Waals surface area (Å²) >= 11 is 0. The molecule has 0 saturated heterocycles. The first kappa shape index (κ1) is 13.5. The molecule has 0 spiro atoms. The topological polar surface area (TPSA) is 53.1 Å². The van der Waals surface area contributed by atoms with Crippen LogP contribution in [0.1, 0.15) is 10.4 Å². The van der Waals surface area contributed by atoms with Gasteiger partial charge in [-0.25, -0.2) is 9.18 Å². The zero-order valence-electron chi connectivity index (χ0n) is 12.0. The highest BCUT2D eigenvalue weighted by molar-refractivity contribution is 6.11. The number of nitrogens with one attached hydrogen (secondary N) is 1. The van der Waals surface area contributed by atoms with Crippen LogP contribution in [0, 0.1) is 5.82 Å². The number of aromatic amines is 1. The largest absolute Gasteiger partial charge is 0.478 e. The summed E-state index contributed by atoms with van der Waals surface area (Å²) < 4.78 is 13.4. The predicted molar refractivity (Wildman–Crippen MR) is 88.2 cm³/mol. The predicted octanol–water partition coefficient (Wildman–Crippen LogP) is 4.83. The van der Waals surface area contributed by atoms with Crippen LogP contribution in [0.3, 0.4) is 0 Å². The minimum atomic E-state index is -0.950. The minimum absolute atomic E-state index is 0.273. The lowest BCUT2D eigenvalue weighted by Gasteiger charge is -2.08. The average molecular weight is 305 g/mol. The number of hydrogen-bond acceptors (Lipinski definition) is 1. The van der Waals surface area contributed by atoms with Crippen molar-refractivity contribution >= 4 is 27.6 Å². The van der Waals surface area contributed by atoms with Crippen LogP contribution >= 0.6 is 0 Å². The third-order valence-corrected chi connectivity index (χ3v) is 4.09. The molecule has 0 aliphatic rings. The molecule has 4 rings (SSSR count). The zero-order valence-corrected chi connectivity index (χ0v) is 12.0. The van der Waals surface area contributed by atoms with Gasteiger partial charge in [-0.05, 0) is 40.6 Å². The van der Waals surface area contributed by atoms with Crippen LogP contribution in [0.4, 0.5) is 4.39 Å². The second-order valence-electron chi connectivity index (χ2n) is 5.40. The van der Waals surface area contributed by atoms with Crippen molar-refractivity contribution in [2.75, 3.05) is 0 Å². The summed E-state index contributed by atoms with van der Waals surface area (Å²) in [4.78, 5) is 14.5.